The van der Waals surface area contributed by atoms with Crippen LogP contribution in [-0.4, -0.2) is 35.7 Å². The van der Waals surface area contributed by atoms with Gasteiger partial charge in [0.15, 0.2) is 5.78 Å². The van der Waals surface area contributed by atoms with Gasteiger partial charge in [0.2, 0.25) is 0 Å². The third kappa shape index (κ3) is 3.83. The van der Waals surface area contributed by atoms with Crippen molar-refractivity contribution in [1.82, 2.24) is 10.2 Å². The molecule has 0 saturated carbocycles. The summed E-state index contributed by atoms with van der Waals surface area (Å²) in [7, 11) is 0. The quantitative estimate of drug-likeness (QED) is 0.831. The van der Waals surface area contributed by atoms with Crippen LogP contribution < -0.4 is 5.32 Å². The molecule has 0 unspecified atom stereocenters. The number of benzene rings is 1. The maximum atomic E-state index is 12.3. The molecule has 2 heterocycles. The lowest BCUT2D eigenvalue weighted by atomic mass is 9.97. The van der Waals surface area contributed by atoms with Gasteiger partial charge in [0.1, 0.15) is 0 Å². The molecule has 25 heavy (non-hydrogen) atoms. The van der Waals surface area contributed by atoms with Gasteiger partial charge in [-0.1, -0.05) is 12.1 Å². The molecular weight excluding hydrogens is 332 g/mol. The molecule has 0 bridgehead atoms. The van der Waals surface area contributed by atoms with E-state index in [2.05, 4.69) is 35.5 Å². The molecule has 0 radical (unpaired) electrons. The van der Waals surface area contributed by atoms with Gasteiger partial charge in [0.05, 0.1) is 0 Å². The Hall–Kier alpha value is -1.98. The van der Waals surface area contributed by atoms with Gasteiger partial charge >= 0.3 is 0 Å². The minimum Gasteiger partial charge on any atom is -0.351 e. The van der Waals surface area contributed by atoms with Crippen molar-refractivity contribution in [3.05, 3.63) is 57.3 Å². The summed E-state index contributed by atoms with van der Waals surface area (Å²) in [6.45, 7) is 7.46. The second-order valence-corrected chi connectivity index (χ2v) is 7.61. The first-order valence-electron chi connectivity index (χ1n) is 8.68. The Morgan fingerprint density at radius 2 is 1.84 bits per heavy atom. The van der Waals surface area contributed by atoms with Gasteiger partial charge in [-0.2, -0.15) is 0 Å². The standard InChI is InChI=1S/C20H24N2O2S/c1-13-12-18-8-11-25-19(18)14(2)22(13)10-9-21-20(24)17-6-4-16(5-7-17)15(3)23/h4-8,11,13-14H,9-10,12H2,1-3H3,(H,21,24)/t13-,14+/m1/s1. The molecule has 0 spiro atoms. The van der Waals surface area contributed by atoms with E-state index in [0.29, 0.717) is 29.8 Å². The van der Waals surface area contributed by atoms with E-state index >= 15 is 0 Å². The molecule has 1 aliphatic heterocycles. The molecule has 0 fully saturated rings. The zero-order chi connectivity index (χ0) is 18.0. The predicted octanol–water partition coefficient (Wildman–Crippen LogP) is 3.69. The number of carbonyl (C=O) groups excluding carboxylic acids is 2. The topological polar surface area (TPSA) is 49.4 Å². The van der Waals surface area contributed by atoms with Gasteiger partial charge in [-0.05, 0) is 56.3 Å². The molecule has 2 aromatic rings. The molecule has 0 saturated heterocycles. The minimum atomic E-state index is -0.0933. The van der Waals surface area contributed by atoms with Crippen molar-refractivity contribution in [3.63, 3.8) is 0 Å². The minimum absolute atomic E-state index is 0.00739. The van der Waals surface area contributed by atoms with Gasteiger partial charge in [-0.3, -0.25) is 14.5 Å². The molecule has 1 aromatic carbocycles. The summed E-state index contributed by atoms with van der Waals surface area (Å²) < 4.78 is 0. The monoisotopic (exact) mass is 356 g/mol. The number of ketones is 1. The number of hydrogen-bond acceptors (Lipinski definition) is 4. The lowest BCUT2D eigenvalue weighted by molar-refractivity contribution is 0.0929. The number of nitrogens with one attached hydrogen (secondary N) is 1. The van der Waals surface area contributed by atoms with Crippen LogP contribution in [0.15, 0.2) is 35.7 Å². The molecule has 1 N–H and O–H groups in total. The molecule has 1 aromatic heterocycles. The van der Waals surface area contributed by atoms with Crippen LogP contribution in [0.4, 0.5) is 0 Å². The highest BCUT2D eigenvalue weighted by Gasteiger charge is 2.29. The zero-order valence-electron chi connectivity index (χ0n) is 14.9. The van der Waals surface area contributed by atoms with Crippen molar-refractivity contribution in [3.8, 4) is 0 Å². The third-order valence-electron chi connectivity index (χ3n) is 4.95. The van der Waals surface area contributed by atoms with E-state index in [1.54, 1.807) is 24.3 Å². The zero-order valence-corrected chi connectivity index (χ0v) is 15.7. The van der Waals surface area contributed by atoms with Crippen molar-refractivity contribution in [1.29, 1.82) is 0 Å². The number of carbonyl (C=O) groups is 2. The SMILES string of the molecule is CC(=O)c1ccc(C(=O)NCCN2[C@H](C)Cc3ccsc3[C@@H]2C)cc1. The Bertz CT molecular complexity index is 766. The summed E-state index contributed by atoms with van der Waals surface area (Å²) in [6.07, 6.45) is 1.07. The first kappa shape index (κ1) is 17.8. The summed E-state index contributed by atoms with van der Waals surface area (Å²) in [4.78, 5) is 27.5. The highest BCUT2D eigenvalue weighted by molar-refractivity contribution is 7.10. The third-order valence-corrected chi connectivity index (χ3v) is 6.08. The average molecular weight is 356 g/mol. The first-order valence-corrected chi connectivity index (χ1v) is 9.56. The lowest BCUT2D eigenvalue weighted by Crippen LogP contribution is -2.44. The van der Waals surface area contributed by atoms with Crippen molar-refractivity contribution in [2.45, 2.75) is 39.3 Å². The summed E-state index contributed by atoms with van der Waals surface area (Å²) in [5.41, 5.74) is 2.68. The average Bonchev–Trinajstić information content (AvgIpc) is 3.06. The van der Waals surface area contributed by atoms with Crippen LogP contribution in [0.5, 0.6) is 0 Å². The number of Topliss-reactive ketones (excluding diaryl/α,β-unsaturated/α-hetero) is 1. The van der Waals surface area contributed by atoms with Crippen LogP contribution >= 0.6 is 11.3 Å². The summed E-state index contributed by atoms with van der Waals surface area (Å²) in [6, 6.07) is 9.91. The Kier molecular flexibility index (Phi) is 5.35. The van der Waals surface area contributed by atoms with E-state index in [4.69, 9.17) is 0 Å². The summed E-state index contributed by atoms with van der Waals surface area (Å²) in [5.74, 6) is -0.0859. The fourth-order valence-electron chi connectivity index (χ4n) is 3.52. The maximum Gasteiger partial charge on any atom is 0.251 e. The van der Waals surface area contributed by atoms with Gasteiger partial charge < -0.3 is 5.32 Å². The van der Waals surface area contributed by atoms with Crippen LogP contribution in [0.25, 0.3) is 0 Å². The Labute approximate surface area is 152 Å². The predicted molar refractivity (Wildman–Crippen MR) is 101 cm³/mol. The number of hydrogen-bond donors (Lipinski definition) is 1. The Balaban J connectivity index is 1.55. The molecule has 3 rings (SSSR count). The van der Waals surface area contributed by atoms with Gasteiger partial charge in [0.25, 0.3) is 5.91 Å². The highest BCUT2D eigenvalue weighted by atomic mass is 32.1. The van der Waals surface area contributed by atoms with Crippen LogP contribution in [0.1, 0.15) is 58.0 Å². The highest BCUT2D eigenvalue weighted by Crippen LogP contribution is 2.35. The number of thiophene rings is 1. The van der Waals surface area contributed by atoms with Gasteiger partial charge in [-0.25, -0.2) is 0 Å². The van der Waals surface area contributed by atoms with Crippen molar-refractivity contribution in [2.24, 2.45) is 0 Å². The van der Waals surface area contributed by atoms with Crippen molar-refractivity contribution in [2.75, 3.05) is 13.1 Å². The number of fused-ring (bicyclic) bond motifs is 1. The maximum absolute atomic E-state index is 12.3. The van der Waals surface area contributed by atoms with E-state index < -0.39 is 0 Å². The molecule has 4 nitrogen and oxygen atoms in total. The summed E-state index contributed by atoms with van der Waals surface area (Å²) in [5, 5.41) is 5.16. The largest absolute Gasteiger partial charge is 0.351 e. The first-order chi connectivity index (χ1) is 12.0. The second-order valence-electron chi connectivity index (χ2n) is 6.67. The number of rotatable bonds is 5. The van der Waals surface area contributed by atoms with Crippen LogP contribution in [0, 0.1) is 0 Å². The molecule has 1 aliphatic rings. The van der Waals surface area contributed by atoms with Gasteiger partial charge in [-0.15, -0.1) is 11.3 Å². The Morgan fingerprint density at radius 3 is 2.52 bits per heavy atom. The summed E-state index contributed by atoms with van der Waals surface area (Å²) >= 11 is 1.82. The lowest BCUT2D eigenvalue weighted by Gasteiger charge is -2.38. The Morgan fingerprint density at radius 1 is 1.16 bits per heavy atom. The van der Waals surface area contributed by atoms with Crippen molar-refractivity contribution >= 4 is 23.0 Å². The fraction of sp³-hybridized carbons (Fsp3) is 0.400. The van der Waals surface area contributed by atoms with E-state index in [1.807, 2.05) is 11.3 Å². The molecule has 0 aliphatic carbocycles. The van der Waals surface area contributed by atoms with E-state index in [9.17, 15) is 9.59 Å². The number of nitrogens with zero attached hydrogens (tertiary/aromatic N) is 1. The molecule has 1 amide bonds. The van der Waals surface area contributed by atoms with Crippen LogP contribution in [-0.2, 0) is 6.42 Å². The number of amides is 1. The van der Waals surface area contributed by atoms with E-state index in [1.165, 1.54) is 17.4 Å². The van der Waals surface area contributed by atoms with Crippen molar-refractivity contribution < 1.29 is 9.59 Å². The smallest absolute Gasteiger partial charge is 0.251 e. The molecular formula is C20H24N2O2S. The molecule has 5 heteroatoms. The normalized spacial score (nSPS) is 20.1. The van der Waals surface area contributed by atoms with Crippen LogP contribution in [0.3, 0.4) is 0 Å². The molecule has 2 atom stereocenters. The molecule has 132 valence electrons. The van der Waals surface area contributed by atoms with E-state index in [-0.39, 0.29) is 11.7 Å². The van der Waals surface area contributed by atoms with Gasteiger partial charge in [0, 0.05) is 41.2 Å². The fourth-order valence-corrected chi connectivity index (χ4v) is 4.54. The van der Waals surface area contributed by atoms with Crippen LogP contribution in [0.2, 0.25) is 0 Å². The second kappa shape index (κ2) is 7.50. The van der Waals surface area contributed by atoms with E-state index in [0.717, 1.165) is 13.0 Å².